The fourth-order valence-corrected chi connectivity index (χ4v) is 7.14. The van der Waals surface area contributed by atoms with Crippen LogP contribution in [0.4, 0.5) is 0 Å². The first-order chi connectivity index (χ1) is 14.6. The predicted molar refractivity (Wildman–Crippen MR) is 131 cm³/mol. The van der Waals surface area contributed by atoms with Gasteiger partial charge in [-0.05, 0) is 23.5 Å². The number of para-hydroxylation sites is 1. The van der Waals surface area contributed by atoms with Crippen molar-refractivity contribution in [2.45, 2.75) is 39.0 Å². The van der Waals surface area contributed by atoms with Crippen molar-refractivity contribution in [3.05, 3.63) is 91.0 Å². The van der Waals surface area contributed by atoms with E-state index in [0.29, 0.717) is 11.3 Å². The van der Waals surface area contributed by atoms with Gasteiger partial charge in [0.05, 0.1) is 17.1 Å². The van der Waals surface area contributed by atoms with Gasteiger partial charge in [-0.1, -0.05) is 114 Å². The Bertz CT molecular complexity index is 1090. The van der Waals surface area contributed by atoms with Crippen LogP contribution in [0.3, 0.4) is 0 Å². The summed E-state index contributed by atoms with van der Waals surface area (Å²) in [4.78, 5) is 0. The van der Waals surface area contributed by atoms with Crippen LogP contribution in [0.25, 0.3) is 28.2 Å². The molecule has 3 heteroatoms. The van der Waals surface area contributed by atoms with E-state index in [-0.39, 0.29) is 7.92 Å². The Labute approximate surface area is 181 Å². The minimum absolute atomic E-state index is 0.305. The predicted octanol–water partition coefficient (Wildman–Crippen LogP) is 7.13. The number of rotatable bonds is 6. The Morgan fingerprint density at radius 1 is 0.667 bits per heavy atom. The Hall–Kier alpha value is -2.70. The largest absolute Gasteiger partial charge is 0.232 e. The molecule has 0 aliphatic rings. The molecule has 0 spiro atoms. The number of hydrogen-bond acceptors (Lipinski definition) is 1. The number of aromatic nitrogens is 2. The smallest absolute Gasteiger partial charge is 0.0934 e. The zero-order chi connectivity index (χ0) is 21.1. The van der Waals surface area contributed by atoms with E-state index in [1.54, 1.807) is 0 Å². The number of nitrogens with zero attached hydrogens (tertiary/aromatic N) is 2. The summed E-state index contributed by atoms with van der Waals surface area (Å²) in [7, 11) is -0.305. The molecule has 3 aromatic carbocycles. The third-order valence-corrected chi connectivity index (χ3v) is 8.51. The highest BCUT2D eigenvalue weighted by Crippen LogP contribution is 2.46. The third kappa shape index (κ3) is 4.11. The topological polar surface area (TPSA) is 17.8 Å². The van der Waals surface area contributed by atoms with Crippen LogP contribution in [0.1, 0.15) is 27.7 Å². The van der Waals surface area contributed by atoms with Crippen molar-refractivity contribution in [1.29, 1.82) is 0 Å². The maximum atomic E-state index is 5.12. The Morgan fingerprint density at radius 2 is 1.20 bits per heavy atom. The lowest BCUT2D eigenvalue weighted by Gasteiger charge is -2.28. The molecule has 0 aliphatic carbocycles. The summed E-state index contributed by atoms with van der Waals surface area (Å²) in [6, 6.07) is 32.1. The van der Waals surface area contributed by atoms with E-state index in [4.69, 9.17) is 5.10 Å². The second kappa shape index (κ2) is 8.98. The van der Waals surface area contributed by atoms with Crippen LogP contribution in [-0.4, -0.2) is 21.1 Å². The highest BCUT2D eigenvalue weighted by atomic mass is 31.1. The van der Waals surface area contributed by atoms with E-state index < -0.39 is 0 Å². The molecule has 0 radical (unpaired) electrons. The summed E-state index contributed by atoms with van der Waals surface area (Å²) < 4.78 is 2.16. The average Bonchev–Trinajstić information content (AvgIpc) is 3.20. The van der Waals surface area contributed by atoms with Crippen molar-refractivity contribution < 1.29 is 0 Å². The molecule has 152 valence electrons. The molecular weight excluding hydrogens is 383 g/mol. The van der Waals surface area contributed by atoms with Crippen LogP contribution in [-0.2, 0) is 0 Å². The van der Waals surface area contributed by atoms with Gasteiger partial charge < -0.3 is 0 Å². The summed E-state index contributed by atoms with van der Waals surface area (Å²) in [5, 5.41) is 6.54. The van der Waals surface area contributed by atoms with Gasteiger partial charge in [-0.15, -0.1) is 0 Å². The molecule has 0 bridgehead atoms. The van der Waals surface area contributed by atoms with Crippen LogP contribution < -0.4 is 5.30 Å². The van der Waals surface area contributed by atoms with Gasteiger partial charge in [-0.3, -0.25) is 0 Å². The lowest BCUT2D eigenvalue weighted by molar-refractivity contribution is 0.895. The van der Waals surface area contributed by atoms with Crippen molar-refractivity contribution in [2.75, 3.05) is 0 Å². The summed E-state index contributed by atoms with van der Waals surface area (Å²) in [5.74, 6) is 0. The highest BCUT2D eigenvalue weighted by Gasteiger charge is 2.24. The van der Waals surface area contributed by atoms with Crippen molar-refractivity contribution in [2.24, 2.45) is 0 Å². The Balaban J connectivity index is 1.94. The van der Waals surface area contributed by atoms with Gasteiger partial charge in [0, 0.05) is 16.4 Å². The van der Waals surface area contributed by atoms with E-state index in [1.807, 2.05) is 6.07 Å². The molecule has 1 heterocycles. The second-order valence-electron chi connectivity index (χ2n) is 8.14. The molecule has 1 aromatic heterocycles. The quantitative estimate of drug-likeness (QED) is 0.308. The molecule has 0 unspecified atom stereocenters. The van der Waals surface area contributed by atoms with E-state index >= 15 is 0 Å². The van der Waals surface area contributed by atoms with Crippen LogP contribution in [0.15, 0.2) is 91.0 Å². The molecule has 4 aromatic rings. The van der Waals surface area contributed by atoms with Gasteiger partial charge in [0.25, 0.3) is 0 Å². The van der Waals surface area contributed by atoms with Crippen molar-refractivity contribution >= 4 is 13.2 Å². The standard InChI is InChI=1S/C27H29N2P/c1-20(2)30(21(3)4)27-18-12-11-17-25(27)29-26(23-15-9-6-10-16-23)19-24(28-29)22-13-7-5-8-14-22/h5-21H,1-4H3. The average molecular weight is 413 g/mol. The highest BCUT2D eigenvalue weighted by molar-refractivity contribution is 7.67. The molecule has 0 saturated carbocycles. The maximum absolute atomic E-state index is 5.12. The summed E-state index contributed by atoms with van der Waals surface area (Å²) in [6.45, 7) is 9.39. The van der Waals surface area contributed by atoms with Crippen molar-refractivity contribution in [3.63, 3.8) is 0 Å². The van der Waals surface area contributed by atoms with E-state index in [0.717, 1.165) is 17.0 Å². The first-order valence-corrected chi connectivity index (χ1v) is 12.1. The molecule has 0 saturated heterocycles. The lowest BCUT2D eigenvalue weighted by atomic mass is 10.1. The monoisotopic (exact) mass is 412 g/mol. The summed E-state index contributed by atoms with van der Waals surface area (Å²) >= 11 is 0. The van der Waals surface area contributed by atoms with Crippen molar-refractivity contribution in [3.8, 4) is 28.2 Å². The van der Waals surface area contributed by atoms with E-state index in [9.17, 15) is 0 Å². The molecule has 0 fully saturated rings. The minimum Gasteiger partial charge on any atom is -0.232 e. The van der Waals surface area contributed by atoms with Crippen molar-refractivity contribution in [1.82, 2.24) is 9.78 Å². The van der Waals surface area contributed by atoms with Gasteiger partial charge in [-0.25, -0.2) is 4.68 Å². The van der Waals surface area contributed by atoms with Crippen LogP contribution in [0, 0.1) is 0 Å². The van der Waals surface area contributed by atoms with Crippen LogP contribution >= 0.6 is 7.92 Å². The van der Waals surface area contributed by atoms with Crippen LogP contribution in [0.2, 0.25) is 0 Å². The summed E-state index contributed by atoms with van der Waals surface area (Å²) in [5.41, 5.74) is 6.89. The first-order valence-electron chi connectivity index (χ1n) is 10.6. The van der Waals surface area contributed by atoms with E-state index in [2.05, 4.69) is 117 Å². The molecule has 4 rings (SSSR count). The van der Waals surface area contributed by atoms with Gasteiger partial charge in [0.15, 0.2) is 0 Å². The van der Waals surface area contributed by atoms with Gasteiger partial charge in [-0.2, -0.15) is 5.10 Å². The zero-order valence-electron chi connectivity index (χ0n) is 18.2. The van der Waals surface area contributed by atoms with Gasteiger partial charge in [0.2, 0.25) is 0 Å². The molecule has 0 N–H and O–H groups in total. The van der Waals surface area contributed by atoms with Gasteiger partial charge in [0.1, 0.15) is 0 Å². The molecule has 0 amide bonds. The summed E-state index contributed by atoms with van der Waals surface area (Å²) in [6.07, 6.45) is 0. The SMILES string of the molecule is CC(C)P(c1ccccc1-n1nc(-c2ccccc2)cc1-c1ccccc1)C(C)C. The van der Waals surface area contributed by atoms with E-state index in [1.165, 1.54) is 16.6 Å². The molecule has 2 nitrogen and oxygen atoms in total. The Morgan fingerprint density at radius 3 is 1.80 bits per heavy atom. The molecule has 0 atom stereocenters. The number of benzene rings is 3. The molecule has 0 aliphatic heterocycles. The normalized spacial score (nSPS) is 11.6. The Kier molecular flexibility index (Phi) is 6.16. The van der Waals surface area contributed by atoms with Crippen LogP contribution in [0.5, 0.6) is 0 Å². The third-order valence-electron chi connectivity index (χ3n) is 5.35. The second-order valence-corrected chi connectivity index (χ2v) is 11.5. The lowest BCUT2D eigenvalue weighted by Crippen LogP contribution is -2.20. The van der Waals surface area contributed by atoms with Gasteiger partial charge >= 0.3 is 0 Å². The minimum atomic E-state index is -0.305. The molecule has 30 heavy (non-hydrogen) atoms. The number of hydrogen-bond donors (Lipinski definition) is 0. The maximum Gasteiger partial charge on any atom is 0.0934 e. The first kappa shape index (κ1) is 20.6. The molecular formula is C27H29N2P. The fraction of sp³-hybridized carbons (Fsp3) is 0.222. The fourth-order valence-electron chi connectivity index (χ4n) is 4.14. The zero-order valence-corrected chi connectivity index (χ0v) is 19.1.